The smallest absolute Gasteiger partial charge is 0.399 e. The molecule has 21 heavy (non-hydrogen) atoms. The number of aromatic nitrogens is 2. The van der Waals surface area contributed by atoms with Crippen molar-refractivity contribution in [1.82, 2.24) is 9.55 Å². The molecule has 0 saturated carbocycles. The fraction of sp³-hybridized carbons (Fsp3) is 0.400. The molecule has 1 saturated heterocycles. The van der Waals surface area contributed by atoms with Crippen molar-refractivity contribution in [3.8, 4) is 5.69 Å². The van der Waals surface area contributed by atoms with Crippen LogP contribution in [0.2, 0.25) is 0 Å². The van der Waals surface area contributed by atoms with Crippen LogP contribution in [0.25, 0.3) is 5.69 Å². The molecule has 110 valence electrons. The van der Waals surface area contributed by atoms with Gasteiger partial charge in [0, 0.05) is 16.9 Å². The maximum Gasteiger partial charge on any atom is 0.494 e. The minimum Gasteiger partial charge on any atom is -0.399 e. The van der Waals surface area contributed by atoms with E-state index in [9.17, 15) is 0 Å². The van der Waals surface area contributed by atoms with Crippen molar-refractivity contribution >= 4 is 28.5 Å². The van der Waals surface area contributed by atoms with Gasteiger partial charge in [-0.15, -0.1) is 0 Å². The fourth-order valence-electron chi connectivity index (χ4n) is 2.26. The van der Waals surface area contributed by atoms with Crippen LogP contribution in [0.1, 0.15) is 27.7 Å². The molecule has 0 atom stereocenters. The minimum atomic E-state index is -0.344. The molecule has 0 spiro atoms. The highest BCUT2D eigenvalue weighted by Gasteiger charge is 2.51. The third kappa shape index (κ3) is 2.56. The second kappa shape index (κ2) is 4.97. The number of imidazole rings is 1. The monoisotopic (exact) mass is 348 g/mol. The van der Waals surface area contributed by atoms with E-state index in [0.717, 1.165) is 15.6 Å². The number of hydrogen-bond acceptors (Lipinski definition) is 3. The van der Waals surface area contributed by atoms with Crippen molar-refractivity contribution in [3.63, 3.8) is 0 Å². The summed E-state index contributed by atoms with van der Waals surface area (Å²) in [7, 11) is -0.344. The molecule has 1 aromatic heterocycles. The molecule has 0 amide bonds. The van der Waals surface area contributed by atoms with E-state index in [1.165, 1.54) is 0 Å². The first-order valence-corrected chi connectivity index (χ1v) is 7.73. The summed E-state index contributed by atoms with van der Waals surface area (Å²) in [6.07, 6.45) is 5.44. The molecule has 1 fully saturated rings. The number of halogens is 1. The van der Waals surface area contributed by atoms with Gasteiger partial charge in [0.05, 0.1) is 23.2 Å². The lowest BCUT2D eigenvalue weighted by molar-refractivity contribution is 0.00578. The standard InChI is InChI=1S/C15H18BBrN2O2/c1-14(2)15(3,4)21-16(20-14)11-5-6-13(12(17)9-11)19-8-7-18-10-19/h5-10H,1-4H3. The molecule has 0 aliphatic carbocycles. The van der Waals surface area contributed by atoms with Crippen molar-refractivity contribution in [2.75, 3.05) is 0 Å². The zero-order valence-corrected chi connectivity index (χ0v) is 14.2. The second-order valence-corrected chi connectivity index (χ2v) is 7.12. The molecule has 0 bridgehead atoms. The van der Waals surface area contributed by atoms with Crippen LogP contribution in [0.4, 0.5) is 0 Å². The van der Waals surface area contributed by atoms with Gasteiger partial charge in [-0.3, -0.25) is 0 Å². The average molecular weight is 349 g/mol. The molecule has 1 aromatic carbocycles. The largest absolute Gasteiger partial charge is 0.494 e. The quantitative estimate of drug-likeness (QED) is 0.783. The Kier molecular flexibility index (Phi) is 3.51. The van der Waals surface area contributed by atoms with Crippen molar-refractivity contribution in [1.29, 1.82) is 0 Å². The number of rotatable bonds is 2. The van der Waals surface area contributed by atoms with E-state index in [1.54, 1.807) is 12.5 Å². The molecule has 6 heteroatoms. The van der Waals surface area contributed by atoms with Gasteiger partial charge in [0.1, 0.15) is 0 Å². The van der Waals surface area contributed by atoms with E-state index in [-0.39, 0.29) is 18.3 Å². The van der Waals surface area contributed by atoms with Crippen LogP contribution in [0, 0.1) is 0 Å². The predicted octanol–water partition coefficient (Wildman–Crippen LogP) is 2.93. The summed E-state index contributed by atoms with van der Waals surface area (Å²) >= 11 is 3.61. The first-order valence-electron chi connectivity index (χ1n) is 6.94. The highest BCUT2D eigenvalue weighted by molar-refractivity contribution is 9.10. The highest BCUT2D eigenvalue weighted by Crippen LogP contribution is 2.36. The topological polar surface area (TPSA) is 36.3 Å². The van der Waals surface area contributed by atoms with Crippen LogP contribution >= 0.6 is 15.9 Å². The summed E-state index contributed by atoms with van der Waals surface area (Å²) in [5.74, 6) is 0. The molecule has 2 aromatic rings. The van der Waals surface area contributed by atoms with Crippen LogP contribution in [-0.4, -0.2) is 27.9 Å². The molecule has 1 aliphatic rings. The molecule has 2 heterocycles. The summed E-state index contributed by atoms with van der Waals surface area (Å²) in [5, 5.41) is 0. The van der Waals surface area contributed by atoms with E-state index >= 15 is 0 Å². The summed E-state index contributed by atoms with van der Waals surface area (Å²) in [4.78, 5) is 4.07. The Morgan fingerprint density at radius 1 is 1.14 bits per heavy atom. The lowest BCUT2D eigenvalue weighted by Crippen LogP contribution is -2.41. The summed E-state index contributed by atoms with van der Waals surface area (Å²) in [6.45, 7) is 8.23. The molecular weight excluding hydrogens is 331 g/mol. The van der Waals surface area contributed by atoms with Gasteiger partial charge in [0.15, 0.2) is 0 Å². The molecule has 0 unspecified atom stereocenters. The Hall–Kier alpha value is -1.11. The number of benzene rings is 1. The van der Waals surface area contributed by atoms with E-state index < -0.39 is 0 Å². The Bertz CT molecular complexity index is 640. The van der Waals surface area contributed by atoms with Crippen LogP contribution < -0.4 is 5.46 Å². The molecule has 4 nitrogen and oxygen atoms in total. The van der Waals surface area contributed by atoms with Crippen molar-refractivity contribution in [2.24, 2.45) is 0 Å². The van der Waals surface area contributed by atoms with Crippen molar-refractivity contribution in [2.45, 2.75) is 38.9 Å². The average Bonchev–Trinajstić information content (AvgIpc) is 2.96. The minimum absolute atomic E-state index is 0.326. The number of nitrogens with zero attached hydrogens (tertiary/aromatic N) is 2. The Morgan fingerprint density at radius 3 is 2.33 bits per heavy atom. The highest BCUT2D eigenvalue weighted by atomic mass is 79.9. The van der Waals surface area contributed by atoms with Gasteiger partial charge in [-0.05, 0) is 61.2 Å². The SMILES string of the molecule is CC1(C)OB(c2ccc(-n3ccnc3)c(Br)c2)OC1(C)C. The number of hydrogen-bond donors (Lipinski definition) is 0. The fourth-order valence-corrected chi connectivity index (χ4v) is 2.86. The van der Waals surface area contributed by atoms with Crippen LogP contribution in [-0.2, 0) is 9.31 Å². The van der Waals surface area contributed by atoms with Gasteiger partial charge in [0.25, 0.3) is 0 Å². The maximum absolute atomic E-state index is 6.07. The van der Waals surface area contributed by atoms with Crippen LogP contribution in [0.3, 0.4) is 0 Å². The summed E-state index contributed by atoms with van der Waals surface area (Å²) in [5.41, 5.74) is 1.39. The summed E-state index contributed by atoms with van der Waals surface area (Å²) < 4.78 is 15.1. The van der Waals surface area contributed by atoms with Crippen LogP contribution in [0.5, 0.6) is 0 Å². The van der Waals surface area contributed by atoms with Gasteiger partial charge in [-0.2, -0.15) is 0 Å². The predicted molar refractivity (Wildman–Crippen MR) is 87.0 cm³/mol. The molecule has 3 rings (SSSR count). The van der Waals surface area contributed by atoms with Crippen molar-refractivity contribution < 1.29 is 9.31 Å². The second-order valence-electron chi connectivity index (χ2n) is 6.27. The molecule has 1 aliphatic heterocycles. The van der Waals surface area contributed by atoms with E-state index in [4.69, 9.17) is 9.31 Å². The van der Waals surface area contributed by atoms with Gasteiger partial charge in [-0.25, -0.2) is 4.98 Å². The van der Waals surface area contributed by atoms with Gasteiger partial charge in [-0.1, -0.05) is 6.07 Å². The Morgan fingerprint density at radius 2 is 1.81 bits per heavy atom. The Balaban J connectivity index is 1.90. The third-order valence-electron chi connectivity index (χ3n) is 4.28. The van der Waals surface area contributed by atoms with Gasteiger partial charge < -0.3 is 13.9 Å². The van der Waals surface area contributed by atoms with E-state index in [1.807, 2.05) is 29.0 Å². The lowest BCUT2D eigenvalue weighted by Gasteiger charge is -2.32. The first kappa shape index (κ1) is 14.8. The third-order valence-corrected chi connectivity index (χ3v) is 4.91. The lowest BCUT2D eigenvalue weighted by atomic mass is 9.79. The molecule has 0 radical (unpaired) electrons. The van der Waals surface area contributed by atoms with E-state index in [0.29, 0.717) is 0 Å². The zero-order valence-electron chi connectivity index (χ0n) is 12.6. The van der Waals surface area contributed by atoms with E-state index in [2.05, 4.69) is 48.6 Å². The zero-order chi connectivity index (χ0) is 15.3. The maximum atomic E-state index is 6.07. The summed E-state index contributed by atoms with van der Waals surface area (Å²) in [6, 6.07) is 6.10. The van der Waals surface area contributed by atoms with Gasteiger partial charge in [0.2, 0.25) is 0 Å². The first-order chi connectivity index (χ1) is 9.80. The Labute approximate surface area is 133 Å². The molecular formula is C15H18BBrN2O2. The normalized spacial score (nSPS) is 20.0. The van der Waals surface area contributed by atoms with Crippen molar-refractivity contribution in [3.05, 3.63) is 41.4 Å². The molecule has 0 N–H and O–H groups in total. The van der Waals surface area contributed by atoms with Crippen LogP contribution in [0.15, 0.2) is 41.4 Å². The van der Waals surface area contributed by atoms with Gasteiger partial charge >= 0.3 is 7.12 Å².